The van der Waals surface area contributed by atoms with Crippen molar-refractivity contribution in [2.45, 2.75) is 0 Å². The number of phenols is 1. The minimum atomic E-state index is 0.146. The molecular weight excluding hydrogens is 324 g/mol. The predicted octanol–water partition coefficient (Wildman–Crippen LogP) is 2.27. The van der Waals surface area contributed by atoms with E-state index in [1.807, 2.05) is 0 Å². The molecule has 8 heteroatoms. The highest BCUT2D eigenvalue weighted by Gasteiger charge is 2.04. The number of hydrogen-bond acceptors (Lipinski definition) is 6. The van der Waals surface area contributed by atoms with E-state index in [2.05, 4.69) is 46.4 Å². The lowest BCUT2D eigenvalue weighted by atomic mass is 10.2. The Balaban J connectivity index is 1.84. The van der Waals surface area contributed by atoms with Crippen LogP contribution in [0.15, 0.2) is 40.4 Å². The highest BCUT2D eigenvalue weighted by atomic mass is 79.9. The van der Waals surface area contributed by atoms with Gasteiger partial charge in [-0.15, -0.1) is 0 Å². The molecule has 20 heavy (non-hydrogen) atoms. The van der Waals surface area contributed by atoms with Crippen molar-refractivity contribution in [3.63, 3.8) is 0 Å². The summed E-state index contributed by atoms with van der Waals surface area (Å²) in [6, 6.07) is 5.09. The van der Waals surface area contributed by atoms with E-state index >= 15 is 0 Å². The molecule has 0 aliphatic rings. The van der Waals surface area contributed by atoms with Crippen molar-refractivity contribution in [2.24, 2.45) is 5.10 Å². The van der Waals surface area contributed by atoms with E-state index in [0.717, 1.165) is 4.47 Å². The Hall–Kier alpha value is -2.48. The van der Waals surface area contributed by atoms with E-state index in [9.17, 15) is 5.11 Å². The van der Waals surface area contributed by atoms with Crippen LogP contribution in [-0.2, 0) is 0 Å². The SMILES string of the molecule is Oc1ccc(Br)cc1/C=N\Nc1ncnc2nc[nH]c12. The van der Waals surface area contributed by atoms with E-state index in [1.165, 1.54) is 18.9 Å². The molecule has 3 N–H and O–H groups in total. The minimum Gasteiger partial charge on any atom is -0.507 e. The van der Waals surface area contributed by atoms with Crippen LogP contribution in [0.5, 0.6) is 5.75 Å². The van der Waals surface area contributed by atoms with Gasteiger partial charge in [0.15, 0.2) is 11.5 Å². The first-order valence-electron chi connectivity index (χ1n) is 5.66. The molecule has 3 rings (SSSR count). The monoisotopic (exact) mass is 332 g/mol. The first kappa shape index (κ1) is 12.5. The lowest BCUT2D eigenvalue weighted by Gasteiger charge is -2.01. The molecule has 2 heterocycles. The number of aromatic hydroxyl groups is 1. The summed E-state index contributed by atoms with van der Waals surface area (Å²) in [7, 11) is 0. The van der Waals surface area contributed by atoms with E-state index in [1.54, 1.807) is 18.2 Å². The van der Waals surface area contributed by atoms with Crippen LogP contribution in [0, 0.1) is 0 Å². The molecule has 0 unspecified atom stereocenters. The number of imidazole rings is 1. The number of phenolic OH excluding ortho intramolecular Hbond substituents is 1. The van der Waals surface area contributed by atoms with Gasteiger partial charge in [-0.1, -0.05) is 15.9 Å². The number of hydrogen-bond donors (Lipinski definition) is 3. The molecule has 0 atom stereocenters. The highest BCUT2D eigenvalue weighted by molar-refractivity contribution is 9.10. The van der Waals surface area contributed by atoms with Gasteiger partial charge in [-0.25, -0.2) is 15.0 Å². The van der Waals surface area contributed by atoms with Crippen LogP contribution in [-0.4, -0.2) is 31.3 Å². The summed E-state index contributed by atoms with van der Waals surface area (Å²) in [5.41, 5.74) is 4.60. The van der Waals surface area contributed by atoms with Gasteiger partial charge in [0.1, 0.15) is 17.6 Å². The fraction of sp³-hybridized carbons (Fsp3) is 0. The lowest BCUT2D eigenvalue weighted by molar-refractivity contribution is 0.474. The van der Waals surface area contributed by atoms with Crippen molar-refractivity contribution in [1.29, 1.82) is 0 Å². The average molecular weight is 333 g/mol. The molecule has 0 aliphatic heterocycles. The number of fused-ring (bicyclic) bond motifs is 1. The van der Waals surface area contributed by atoms with E-state index in [0.29, 0.717) is 22.5 Å². The van der Waals surface area contributed by atoms with Crippen molar-refractivity contribution in [1.82, 2.24) is 19.9 Å². The number of rotatable bonds is 3. The van der Waals surface area contributed by atoms with E-state index in [-0.39, 0.29) is 5.75 Å². The fourth-order valence-electron chi connectivity index (χ4n) is 1.64. The summed E-state index contributed by atoms with van der Waals surface area (Å²) >= 11 is 3.33. The topological polar surface area (TPSA) is 99.1 Å². The minimum absolute atomic E-state index is 0.146. The number of aromatic nitrogens is 4. The van der Waals surface area contributed by atoms with Gasteiger partial charge in [-0.3, -0.25) is 5.43 Å². The quantitative estimate of drug-likeness (QED) is 0.504. The van der Waals surface area contributed by atoms with Crippen molar-refractivity contribution in [3.8, 4) is 5.75 Å². The second-order valence-corrected chi connectivity index (χ2v) is 4.81. The lowest BCUT2D eigenvalue weighted by Crippen LogP contribution is -1.96. The van der Waals surface area contributed by atoms with E-state index < -0.39 is 0 Å². The molecule has 0 bridgehead atoms. The summed E-state index contributed by atoms with van der Waals surface area (Å²) in [6.07, 6.45) is 4.44. The second-order valence-electron chi connectivity index (χ2n) is 3.90. The average Bonchev–Trinajstić information content (AvgIpc) is 2.92. The number of halogens is 1. The third-order valence-electron chi connectivity index (χ3n) is 2.59. The zero-order valence-electron chi connectivity index (χ0n) is 10.1. The number of nitrogens with zero attached hydrogens (tertiary/aromatic N) is 4. The highest BCUT2D eigenvalue weighted by Crippen LogP contribution is 2.20. The van der Waals surface area contributed by atoms with Gasteiger partial charge in [-0.05, 0) is 18.2 Å². The molecule has 7 nitrogen and oxygen atoms in total. The molecule has 0 saturated heterocycles. The van der Waals surface area contributed by atoms with Gasteiger partial charge >= 0.3 is 0 Å². The number of nitrogens with one attached hydrogen (secondary N) is 2. The maximum atomic E-state index is 9.69. The van der Waals surface area contributed by atoms with Gasteiger partial charge < -0.3 is 10.1 Å². The Labute approximate surface area is 121 Å². The zero-order valence-corrected chi connectivity index (χ0v) is 11.7. The van der Waals surface area contributed by atoms with Crippen LogP contribution in [0.2, 0.25) is 0 Å². The summed E-state index contributed by atoms with van der Waals surface area (Å²) in [4.78, 5) is 15.0. The van der Waals surface area contributed by atoms with Gasteiger partial charge in [0, 0.05) is 10.0 Å². The maximum absolute atomic E-state index is 9.69. The van der Waals surface area contributed by atoms with Gasteiger partial charge in [0.25, 0.3) is 0 Å². The Morgan fingerprint density at radius 2 is 2.20 bits per heavy atom. The number of aromatic amines is 1. The standard InChI is InChI=1S/C12H9BrN6O/c13-8-1-2-9(20)7(3-8)4-18-19-12-10-11(15-5-14-10)16-6-17-12/h1-6,20H,(H2,14,15,16,17,19)/b18-4-. The van der Waals surface area contributed by atoms with Gasteiger partial charge in [0.2, 0.25) is 0 Å². The molecule has 0 radical (unpaired) electrons. The Kier molecular flexibility index (Phi) is 3.30. The molecule has 2 aromatic heterocycles. The van der Waals surface area contributed by atoms with Crippen LogP contribution < -0.4 is 5.43 Å². The molecule has 0 amide bonds. The van der Waals surface area contributed by atoms with Crippen LogP contribution in [0.1, 0.15) is 5.56 Å². The molecule has 0 aliphatic carbocycles. The maximum Gasteiger partial charge on any atom is 0.182 e. The number of H-pyrrole nitrogens is 1. The largest absolute Gasteiger partial charge is 0.507 e. The van der Waals surface area contributed by atoms with Crippen LogP contribution in [0.25, 0.3) is 11.2 Å². The molecule has 3 aromatic rings. The number of hydrazone groups is 1. The van der Waals surface area contributed by atoms with Crippen LogP contribution in [0.3, 0.4) is 0 Å². The number of benzene rings is 1. The van der Waals surface area contributed by atoms with Gasteiger partial charge in [-0.2, -0.15) is 5.10 Å². The molecular formula is C12H9BrN6O. The van der Waals surface area contributed by atoms with Gasteiger partial charge in [0.05, 0.1) is 12.5 Å². The van der Waals surface area contributed by atoms with Crippen molar-refractivity contribution in [2.75, 3.05) is 5.43 Å². The first-order chi connectivity index (χ1) is 9.74. The molecule has 0 spiro atoms. The van der Waals surface area contributed by atoms with Crippen LogP contribution in [0.4, 0.5) is 5.82 Å². The molecule has 1 aromatic carbocycles. The van der Waals surface area contributed by atoms with Crippen molar-refractivity contribution in [3.05, 3.63) is 40.9 Å². The summed E-state index contributed by atoms with van der Waals surface area (Å²) in [5, 5.41) is 13.7. The Morgan fingerprint density at radius 1 is 1.30 bits per heavy atom. The van der Waals surface area contributed by atoms with Crippen molar-refractivity contribution < 1.29 is 5.11 Å². The Bertz CT molecular complexity index is 784. The molecule has 100 valence electrons. The Morgan fingerprint density at radius 3 is 3.10 bits per heavy atom. The third kappa shape index (κ3) is 2.45. The summed E-state index contributed by atoms with van der Waals surface area (Å²) < 4.78 is 0.856. The van der Waals surface area contributed by atoms with Crippen LogP contribution >= 0.6 is 15.9 Å². The summed E-state index contributed by atoms with van der Waals surface area (Å²) in [6.45, 7) is 0. The fourth-order valence-corrected chi connectivity index (χ4v) is 2.02. The van der Waals surface area contributed by atoms with Crippen molar-refractivity contribution >= 4 is 39.1 Å². The zero-order chi connectivity index (χ0) is 13.9. The van der Waals surface area contributed by atoms with E-state index in [4.69, 9.17) is 0 Å². The molecule has 0 fully saturated rings. The third-order valence-corrected chi connectivity index (χ3v) is 3.08. The predicted molar refractivity (Wildman–Crippen MR) is 78.7 cm³/mol. The smallest absolute Gasteiger partial charge is 0.182 e. The molecule has 0 saturated carbocycles. The number of anilines is 1. The normalized spacial score (nSPS) is 11.2. The first-order valence-corrected chi connectivity index (χ1v) is 6.45. The second kappa shape index (κ2) is 5.25. The summed E-state index contributed by atoms with van der Waals surface area (Å²) in [5.74, 6) is 0.659.